The average molecular weight is 334 g/mol. The molecule has 3 N–H and O–H groups in total. The van der Waals surface area contributed by atoms with Gasteiger partial charge in [0.25, 0.3) is 0 Å². The number of rotatable bonds is 9. The van der Waals surface area contributed by atoms with Gasteiger partial charge < -0.3 is 25.6 Å². The lowest BCUT2D eigenvalue weighted by Crippen LogP contribution is -2.26. The quantitative estimate of drug-likeness (QED) is 0.671. The van der Waals surface area contributed by atoms with Gasteiger partial charge in [-0.25, -0.2) is 0 Å². The van der Waals surface area contributed by atoms with Crippen LogP contribution in [0.1, 0.15) is 45.4 Å². The van der Waals surface area contributed by atoms with Crippen molar-refractivity contribution in [2.24, 2.45) is 0 Å². The summed E-state index contributed by atoms with van der Waals surface area (Å²) in [7, 11) is 0. The number of nitrogens with zero attached hydrogens (tertiary/aromatic N) is 4. The van der Waals surface area contributed by atoms with E-state index >= 15 is 0 Å². The number of nitrogen functional groups attached to an aromatic ring is 1. The number of ether oxygens (including phenoxy) is 1. The number of nitrogens with two attached hydrogens (primary N) is 1. The van der Waals surface area contributed by atoms with E-state index in [1.54, 1.807) is 0 Å². The second kappa shape index (κ2) is 8.37. The molecule has 2 aliphatic rings. The Morgan fingerprint density at radius 3 is 2.71 bits per heavy atom. The fourth-order valence-electron chi connectivity index (χ4n) is 3.29. The zero-order valence-electron chi connectivity index (χ0n) is 14.8. The van der Waals surface area contributed by atoms with Crippen molar-refractivity contribution in [3.63, 3.8) is 0 Å². The third kappa shape index (κ3) is 4.20. The summed E-state index contributed by atoms with van der Waals surface area (Å²) in [6, 6.07) is 0.394. The normalized spacial score (nSPS) is 17.1. The van der Waals surface area contributed by atoms with Gasteiger partial charge in [-0.1, -0.05) is 13.3 Å². The highest BCUT2D eigenvalue weighted by Crippen LogP contribution is 2.34. The van der Waals surface area contributed by atoms with E-state index in [9.17, 15) is 0 Å². The van der Waals surface area contributed by atoms with Gasteiger partial charge in [-0.3, -0.25) is 0 Å². The third-order valence-corrected chi connectivity index (χ3v) is 4.72. The van der Waals surface area contributed by atoms with E-state index in [0.717, 1.165) is 44.0 Å². The molecule has 0 aliphatic carbocycles. The first-order valence-electron chi connectivity index (χ1n) is 9.29. The summed E-state index contributed by atoms with van der Waals surface area (Å²) in [5.41, 5.74) is 6.89. The van der Waals surface area contributed by atoms with Crippen LogP contribution in [0.25, 0.3) is 0 Å². The van der Waals surface area contributed by atoms with Crippen LogP contribution < -0.4 is 20.7 Å². The summed E-state index contributed by atoms with van der Waals surface area (Å²) < 4.78 is 5.63. The largest absolute Gasteiger partial charge is 0.463 e. The second-order valence-electron chi connectivity index (χ2n) is 6.65. The van der Waals surface area contributed by atoms with Gasteiger partial charge in [-0.2, -0.15) is 9.97 Å². The van der Waals surface area contributed by atoms with Crippen molar-refractivity contribution in [3.05, 3.63) is 0 Å². The first kappa shape index (κ1) is 17.1. The molecule has 7 nitrogen and oxygen atoms in total. The Hall–Kier alpha value is -1.76. The molecular weight excluding hydrogens is 304 g/mol. The number of unbranched alkanes of at least 4 members (excludes halogenated alkanes) is 2. The molecule has 0 amide bonds. The molecule has 0 radical (unpaired) electrons. The summed E-state index contributed by atoms with van der Waals surface area (Å²) in [5, 5.41) is 3.30. The summed E-state index contributed by atoms with van der Waals surface area (Å²) in [6.07, 6.45) is 7.20. The van der Waals surface area contributed by atoms with Gasteiger partial charge in [-0.05, 0) is 51.7 Å². The highest BCUT2D eigenvalue weighted by molar-refractivity contribution is 5.80. The van der Waals surface area contributed by atoms with Crippen LogP contribution in [0.3, 0.4) is 0 Å². The molecule has 24 heavy (non-hydrogen) atoms. The Bertz CT molecular complexity index is 532. The first-order valence-corrected chi connectivity index (χ1v) is 9.29. The van der Waals surface area contributed by atoms with E-state index in [1.165, 1.54) is 38.9 Å². The smallest absolute Gasteiger partial charge is 0.320 e. The molecule has 7 heteroatoms. The van der Waals surface area contributed by atoms with Crippen LogP contribution in [0.5, 0.6) is 6.01 Å². The minimum Gasteiger partial charge on any atom is -0.463 e. The SMILES string of the molecule is CCCCOc1nc(N)c2c(n1)N(CCCCN1CCCC1)CN2. The van der Waals surface area contributed by atoms with E-state index in [2.05, 4.69) is 32.0 Å². The van der Waals surface area contributed by atoms with Crippen LogP contribution >= 0.6 is 0 Å². The fourth-order valence-corrected chi connectivity index (χ4v) is 3.29. The Balaban J connectivity index is 1.52. The predicted molar refractivity (Wildman–Crippen MR) is 97.6 cm³/mol. The molecule has 0 aromatic carbocycles. The van der Waals surface area contributed by atoms with E-state index in [-0.39, 0.29) is 0 Å². The Morgan fingerprint density at radius 1 is 1.12 bits per heavy atom. The second-order valence-corrected chi connectivity index (χ2v) is 6.65. The Kier molecular flexibility index (Phi) is 5.96. The van der Waals surface area contributed by atoms with Crippen LogP contribution in [0.4, 0.5) is 17.3 Å². The molecule has 0 saturated carbocycles. The maximum Gasteiger partial charge on any atom is 0.320 e. The van der Waals surface area contributed by atoms with Crippen LogP contribution in [0.2, 0.25) is 0 Å². The van der Waals surface area contributed by atoms with Crippen molar-refractivity contribution in [1.29, 1.82) is 0 Å². The Morgan fingerprint density at radius 2 is 1.92 bits per heavy atom. The van der Waals surface area contributed by atoms with Crippen LogP contribution in [-0.4, -0.2) is 54.3 Å². The van der Waals surface area contributed by atoms with Crippen molar-refractivity contribution >= 4 is 17.3 Å². The van der Waals surface area contributed by atoms with Gasteiger partial charge in [0, 0.05) is 6.54 Å². The van der Waals surface area contributed by atoms with Gasteiger partial charge in [0.2, 0.25) is 0 Å². The number of nitrogens with one attached hydrogen (secondary N) is 1. The molecule has 1 aromatic rings. The van der Waals surface area contributed by atoms with Crippen molar-refractivity contribution in [2.45, 2.75) is 45.4 Å². The lowest BCUT2D eigenvalue weighted by atomic mass is 10.3. The fraction of sp³-hybridized carbons (Fsp3) is 0.765. The molecule has 1 fully saturated rings. The topological polar surface area (TPSA) is 79.5 Å². The van der Waals surface area contributed by atoms with E-state index in [4.69, 9.17) is 10.5 Å². The molecule has 2 aliphatic heterocycles. The highest BCUT2D eigenvalue weighted by atomic mass is 16.5. The lowest BCUT2D eigenvalue weighted by molar-refractivity contribution is 0.286. The van der Waals surface area contributed by atoms with Crippen molar-refractivity contribution < 1.29 is 4.74 Å². The molecule has 1 saturated heterocycles. The number of aromatic nitrogens is 2. The van der Waals surface area contributed by atoms with Crippen molar-refractivity contribution in [1.82, 2.24) is 14.9 Å². The number of likely N-dealkylation sites (tertiary alicyclic amines) is 1. The lowest BCUT2D eigenvalue weighted by Gasteiger charge is -2.19. The molecule has 0 bridgehead atoms. The molecule has 0 unspecified atom stereocenters. The average Bonchev–Trinajstić information content (AvgIpc) is 3.22. The zero-order chi connectivity index (χ0) is 16.8. The van der Waals surface area contributed by atoms with Gasteiger partial charge in [0.05, 0.1) is 13.3 Å². The molecule has 3 rings (SSSR count). The van der Waals surface area contributed by atoms with Crippen LogP contribution in [0, 0.1) is 0 Å². The third-order valence-electron chi connectivity index (χ3n) is 4.72. The molecule has 3 heterocycles. The summed E-state index contributed by atoms with van der Waals surface area (Å²) in [5.74, 6) is 1.36. The maximum absolute atomic E-state index is 6.05. The standard InChI is InChI=1S/C17H30N6O/c1-2-3-12-24-17-20-15(18)14-16(21-17)23(13-19-14)11-7-6-10-22-8-4-5-9-22/h19H,2-13H2,1H3,(H2,18,20,21). The molecular formula is C17H30N6O. The van der Waals surface area contributed by atoms with Crippen LogP contribution in [-0.2, 0) is 0 Å². The number of hydrogen-bond donors (Lipinski definition) is 2. The summed E-state index contributed by atoms with van der Waals surface area (Å²) in [6.45, 7) is 8.26. The van der Waals surface area contributed by atoms with Gasteiger partial charge in [-0.15, -0.1) is 0 Å². The molecule has 0 spiro atoms. The minimum atomic E-state index is 0.394. The van der Waals surface area contributed by atoms with Crippen molar-refractivity contribution in [2.75, 3.05) is 55.4 Å². The van der Waals surface area contributed by atoms with E-state index < -0.39 is 0 Å². The van der Waals surface area contributed by atoms with Crippen molar-refractivity contribution in [3.8, 4) is 6.01 Å². The molecule has 1 aromatic heterocycles. The number of anilines is 3. The predicted octanol–water partition coefficient (Wildman–Crippen LogP) is 2.30. The van der Waals surface area contributed by atoms with Crippen LogP contribution in [0.15, 0.2) is 0 Å². The highest BCUT2D eigenvalue weighted by Gasteiger charge is 2.24. The monoisotopic (exact) mass is 334 g/mol. The number of fused-ring (bicyclic) bond motifs is 1. The summed E-state index contributed by atoms with van der Waals surface area (Å²) >= 11 is 0. The first-order chi connectivity index (χ1) is 11.8. The van der Waals surface area contributed by atoms with E-state index in [1.807, 2.05) is 0 Å². The number of hydrogen-bond acceptors (Lipinski definition) is 7. The molecule has 134 valence electrons. The summed E-state index contributed by atoms with van der Waals surface area (Å²) in [4.78, 5) is 13.6. The van der Waals surface area contributed by atoms with Gasteiger partial charge >= 0.3 is 6.01 Å². The van der Waals surface area contributed by atoms with Gasteiger partial charge in [0.1, 0.15) is 5.69 Å². The van der Waals surface area contributed by atoms with E-state index in [0.29, 0.717) is 18.4 Å². The maximum atomic E-state index is 6.05. The minimum absolute atomic E-state index is 0.394. The Labute approximate surface area is 144 Å². The van der Waals surface area contributed by atoms with Gasteiger partial charge in [0.15, 0.2) is 11.6 Å². The zero-order valence-corrected chi connectivity index (χ0v) is 14.8. The molecule has 0 atom stereocenters.